The average Bonchev–Trinajstić information content (AvgIpc) is 2.51. The first-order valence-electron chi connectivity index (χ1n) is 8.47. The van der Waals surface area contributed by atoms with Crippen LogP contribution in [0.15, 0.2) is 0 Å². The second-order valence-corrected chi connectivity index (χ2v) is 6.91. The zero-order valence-corrected chi connectivity index (χ0v) is 14.5. The van der Waals surface area contributed by atoms with Gasteiger partial charge in [-0.25, -0.2) is 4.79 Å². The predicted octanol–water partition coefficient (Wildman–Crippen LogP) is -0.892. The minimum Gasteiger partial charge on any atom is -0.480 e. The van der Waals surface area contributed by atoms with Gasteiger partial charge in [0.15, 0.2) is 0 Å². The third-order valence-corrected chi connectivity index (χ3v) is 4.33. The standard InChI is InChI=1S/C16H25N3O6/c1-9(2)5-11-16(24)19-4-3-10(6-12(19)15(23)18-11)17-13(20)7-25-8-14(21)22/h9-12H,3-8H2,1-2H3,(H,17,20)(H,18,23)(H,21,22)/t10-,11+,12-/m0/s1. The minimum atomic E-state index is -1.14. The van der Waals surface area contributed by atoms with Crippen molar-refractivity contribution in [2.75, 3.05) is 19.8 Å². The lowest BCUT2D eigenvalue weighted by Gasteiger charge is -2.44. The molecule has 25 heavy (non-hydrogen) atoms. The van der Waals surface area contributed by atoms with Gasteiger partial charge in [-0.05, 0) is 25.2 Å². The van der Waals surface area contributed by atoms with Gasteiger partial charge in [0.1, 0.15) is 25.3 Å². The van der Waals surface area contributed by atoms with E-state index < -0.39 is 30.6 Å². The van der Waals surface area contributed by atoms with E-state index in [9.17, 15) is 19.2 Å². The highest BCUT2D eigenvalue weighted by atomic mass is 16.5. The minimum absolute atomic E-state index is 0.0622. The lowest BCUT2D eigenvalue weighted by atomic mass is 9.91. The molecule has 0 unspecified atom stereocenters. The highest BCUT2D eigenvalue weighted by molar-refractivity contribution is 5.97. The van der Waals surface area contributed by atoms with Gasteiger partial charge in [-0.1, -0.05) is 13.8 Å². The lowest BCUT2D eigenvalue weighted by Crippen LogP contribution is -2.67. The number of hydrogen-bond donors (Lipinski definition) is 3. The van der Waals surface area contributed by atoms with Crippen LogP contribution in [0.3, 0.4) is 0 Å². The second-order valence-electron chi connectivity index (χ2n) is 6.91. The van der Waals surface area contributed by atoms with E-state index >= 15 is 0 Å². The topological polar surface area (TPSA) is 125 Å². The van der Waals surface area contributed by atoms with Gasteiger partial charge < -0.3 is 25.4 Å². The maximum absolute atomic E-state index is 12.5. The first kappa shape index (κ1) is 19.2. The number of nitrogens with one attached hydrogen (secondary N) is 2. The predicted molar refractivity (Wildman–Crippen MR) is 86.5 cm³/mol. The van der Waals surface area contributed by atoms with Gasteiger partial charge in [0.05, 0.1) is 0 Å². The van der Waals surface area contributed by atoms with E-state index in [1.54, 1.807) is 4.90 Å². The van der Waals surface area contributed by atoms with Gasteiger partial charge in [0, 0.05) is 12.6 Å². The quantitative estimate of drug-likeness (QED) is 0.544. The number of piperazine rings is 1. The van der Waals surface area contributed by atoms with Gasteiger partial charge in [0.25, 0.3) is 0 Å². The van der Waals surface area contributed by atoms with Crippen LogP contribution >= 0.6 is 0 Å². The van der Waals surface area contributed by atoms with Crippen LogP contribution in [0.25, 0.3) is 0 Å². The van der Waals surface area contributed by atoms with Crippen LogP contribution in [0.4, 0.5) is 0 Å². The number of fused-ring (bicyclic) bond motifs is 1. The second kappa shape index (κ2) is 8.28. The summed E-state index contributed by atoms with van der Waals surface area (Å²) in [6.07, 6.45) is 1.50. The number of carbonyl (C=O) groups excluding carboxylic acids is 3. The smallest absolute Gasteiger partial charge is 0.329 e. The molecule has 3 amide bonds. The number of amides is 3. The summed E-state index contributed by atoms with van der Waals surface area (Å²) in [7, 11) is 0. The Bertz CT molecular complexity index is 550. The van der Waals surface area contributed by atoms with Crippen LogP contribution in [0.2, 0.25) is 0 Å². The number of carbonyl (C=O) groups is 4. The summed E-state index contributed by atoms with van der Waals surface area (Å²) in [4.78, 5) is 48.6. The Labute approximate surface area is 146 Å². The fourth-order valence-corrected chi connectivity index (χ4v) is 3.27. The molecule has 0 aromatic rings. The Kier molecular flexibility index (Phi) is 6.35. The molecule has 9 heteroatoms. The number of rotatable bonds is 7. The Balaban J connectivity index is 1.87. The van der Waals surface area contributed by atoms with E-state index in [4.69, 9.17) is 9.84 Å². The number of piperidine rings is 1. The maximum Gasteiger partial charge on any atom is 0.329 e. The molecule has 0 aliphatic carbocycles. The van der Waals surface area contributed by atoms with Gasteiger partial charge in [-0.2, -0.15) is 0 Å². The first-order chi connectivity index (χ1) is 11.8. The Morgan fingerprint density at radius 3 is 2.72 bits per heavy atom. The number of carboxylic acids is 1. The fraction of sp³-hybridized carbons (Fsp3) is 0.750. The molecule has 2 saturated heterocycles. The van der Waals surface area contributed by atoms with Crippen molar-refractivity contribution in [2.24, 2.45) is 5.92 Å². The number of ether oxygens (including phenoxy) is 1. The summed E-state index contributed by atoms with van der Waals surface area (Å²) in [5.41, 5.74) is 0. The summed E-state index contributed by atoms with van der Waals surface area (Å²) < 4.78 is 4.74. The number of hydrogen-bond acceptors (Lipinski definition) is 5. The zero-order valence-electron chi connectivity index (χ0n) is 14.5. The Morgan fingerprint density at radius 2 is 2.08 bits per heavy atom. The van der Waals surface area contributed by atoms with Gasteiger partial charge >= 0.3 is 5.97 Å². The van der Waals surface area contributed by atoms with Crippen molar-refractivity contribution in [3.05, 3.63) is 0 Å². The SMILES string of the molecule is CC(C)C[C@H]1NC(=O)[C@@H]2C[C@@H](NC(=O)COCC(=O)O)CCN2C1=O. The van der Waals surface area contributed by atoms with Crippen molar-refractivity contribution in [3.63, 3.8) is 0 Å². The van der Waals surface area contributed by atoms with Crippen molar-refractivity contribution in [3.8, 4) is 0 Å². The van der Waals surface area contributed by atoms with Crippen molar-refractivity contribution in [2.45, 2.75) is 51.2 Å². The molecular weight excluding hydrogens is 330 g/mol. The lowest BCUT2D eigenvalue weighted by molar-refractivity contribution is -0.152. The van der Waals surface area contributed by atoms with Crippen LogP contribution in [-0.4, -0.2) is 71.6 Å². The normalized spacial score (nSPS) is 26.2. The summed E-state index contributed by atoms with van der Waals surface area (Å²) in [5.74, 6) is -1.53. The zero-order chi connectivity index (χ0) is 18.6. The van der Waals surface area contributed by atoms with E-state index in [0.29, 0.717) is 31.7 Å². The van der Waals surface area contributed by atoms with Crippen molar-refractivity contribution >= 4 is 23.7 Å². The molecule has 0 saturated carbocycles. The molecule has 3 N–H and O–H groups in total. The van der Waals surface area contributed by atoms with Crippen LogP contribution in [-0.2, 0) is 23.9 Å². The molecule has 140 valence electrons. The van der Waals surface area contributed by atoms with Crippen LogP contribution in [0, 0.1) is 5.92 Å². The van der Waals surface area contributed by atoms with Gasteiger partial charge in [0.2, 0.25) is 17.7 Å². The maximum atomic E-state index is 12.5. The molecule has 9 nitrogen and oxygen atoms in total. The molecule has 0 radical (unpaired) electrons. The van der Waals surface area contributed by atoms with Crippen LogP contribution in [0.1, 0.15) is 33.1 Å². The molecular formula is C16H25N3O6. The molecule has 2 heterocycles. The molecule has 0 spiro atoms. The molecule has 0 aromatic heterocycles. The van der Waals surface area contributed by atoms with E-state index in [2.05, 4.69) is 10.6 Å². The van der Waals surface area contributed by atoms with E-state index in [1.807, 2.05) is 13.8 Å². The van der Waals surface area contributed by atoms with E-state index in [0.717, 1.165) is 0 Å². The molecule has 2 fully saturated rings. The third kappa shape index (κ3) is 5.15. The molecule has 3 atom stereocenters. The Hall–Kier alpha value is -2.16. The van der Waals surface area contributed by atoms with Gasteiger partial charge in [-0.15, -0.1) is 0 Å². The molecule has 2 rings (SSSR count). The van der Waals surface area contributed by atoms with Crippen molar-refractivity contribution in [1.82, 2.24) is 15.5 Å². The van der Waals surface area contributed by atoms with E-state index in [-0.39, 0.29) is 24.5 Å². The molecule has 2 aliphatic heterocycles. The van der Waals surface area contributed by atoms with E-state index in [1.165, 1.54) is 0 Å². The Morgan fingerprint density at radius 1 is 1.36 bits per heavy atom. The summed E-state index contributed by atoms with van der Waals surface area (Å²) in [6.45, 7) is 3.52. The first-order valence-corrected chi connectivity index (χ1v) is 8.47. The number of nitrogens with zero attached hydrogens (tertiary/aromatic N) is 1. The monoisotopic (exact) mass is 355 g/mol. The molecule has 0 bridgehead atoms. The number of carboxylic acid groups (broad SMARTS) is 1. The van der Waals surface area contributed by atoms with Crippen molar-refractivity contribution in [1.29, 1.82) is 0 Å². The van der Waals surface area contributed by atoms with Crippen molar-refractivity contribution < 1.29 is 29.0 Å². The molecule has 2 aliphatic rings. The fourth-order valence-electron chi connectivity index (χ4n) is 3.27. The third-order valence-electron chi connectivity index (χ3n) is 4.33. The summed E-state index contributed by atoms with van der Waals surface area (Å²) >= 11 is 0. The van der Waals surface area contributed by atoms with Crippen LogP contribution in [0.5, 0.6) is 0 Å². The highest BCUT2D eigenvalue weighted by Gasteiger charge is 2.43. The molecule has 0 aromatic carbocycles. The average molecular weight is 355 g/mol. The number of aliphatic carboxylic acids is 1. The highest BCUT2D eigenvalue weighted by Crippen LogP contribution is 2.24. The summed E-state index contributed by atoms with van der Waals surface area (Å²) in [5, 5.41) is 14.0. The largest absolute Gasteiger partial charge is 0.480 e. The van der Waals surface area contributed by atoms with Crippen LogP contribution < -0.4 is 10.6 Å². The van der Waals surface area contributed by atoms with Gasteiger partial charge in [-0.3, -0.25) is 14.4 Å². The summed E-state index contributed by atoms with van der Waals surface area (Å²) in [6, 6.07) is -1.29.